The molecular weight excluding hydrogens is 556 g/mol. The van der Waals surface area contributed by atoms with Crippen LogP contribution in [0, 0.1) is 0 Å². The van der Waals surface area contributed by atoms with Crippen LogP contribution in [0.4, 0.5) is 0 Å². The molecule has 0 N–H and O–H groups in total. The van der Waals surface area contributed by atoms with Gasteiger partial charge >= 0.3 is 14.2 Å². The van der Waals surface area contributed by atoms with Crippen LogP contribution in [0.15, 0.2) is 85.1 Å². The highest BCUT2D eigenvalue weighted by molar-refractivity contribution is 6.62. The number of benzene rings is 3. The number of rotatable bonds is 5. The minimum atomic E-state index is -0.392. The van der Waals surface area contributed by atoms with Gasteiger partial charge in [0.15, 0.2) is 0 Å². The van der Waals surface area contributed by atoms with E-state index in [2.05, 4.69) is 166 Å². The van der Waals surface area contributed by atoms with Gasteiger partial charge in [-0.1, -0.05) is 81.4 Å². The summed E-state index contributed by atoms with van der Waals surface area (Å²) in [5, 5.41) is 0. The molecule has 0 atom stereocenters. The minimum absolute atomic E-state index is 0.0794. The van der Waals surface area contributed by atoms with Crippen LogP contribution in [0.2, 0.25) is 0 Å². The standard InChI is InChI=1S/C38H47B2NO4/c1-34(2,3)28-16-12-27(13-17-28)33-32(26-14-18-29(19-15-26)39-42-35(4,5)36(6,7)43-39)24-25-41(33)31-22-20-30(21-23-31)40-44-37(8,9)38(10,11)45-40/h12-25H,1-11H3. The first-order valence-corrected chi connectivity index (χ1v) is 16.1. The lowest BCUT2D eigenvalue weighted by Gasteiger charge is -2.32. The lowest BCUT2D eigenvalue weighted by molar-refractivity contribution is 0.00578. The predicted octanol–water partition coefficient (Wildman–Crippen LogP) is 7.71. The molecule has 0 amide bonds. The fourth-order valence-electron chi connectivity index (χ4n) is 5.87. The molecule has 0 bridgehead atoms. The molecule has 4 aromatic rings. The number of aromatic nitrogens is 1. The third-order valence-electron chi connectivity index (χ3n) is 10.4. The summed E-state index contributed by atoms with van der Waals surface area (Å²) in [6.45, 7) is 23.4. The van der Waals surface area contributed by atoms with Gasteiger partial charge in [0.1, 0.15) is 0 Å². The zero-order valence-corrected chi connectivity index (χ0v) is 28.8. The Morgan fingerprint density at radius 3 is 1.33 bits per heavy atom. The van der Waals surface area contributed by atoms with Crippen LogP contribution in [-0.2, 0) is 24.0 Å². The summed E-state index contributed by atoms with van der Waals surface area (Å²) in [6.07, 6.45) is 2.16. The van der Waals surface area contributed by atoms with E-state index < -0.39 is 7.12 Å². The van der Waals surface area contributed by atoms with Gasteiger partial charge in [-0.2, -0.15) is 0 Å². The van der Waals surface area contributed by atoms with E-state index in [1.165, 1.54) is 5.56 Å². The molecule has 1 aromatic heterocycles. The van der Waals surface area contributed by atoms with E-state index in [9.17, 15) is 0 Å². The highest BCUT2D eigenvalue weighted by Crippen LogP contribution is 2.39. The van der Waals surface area contributed by atoms with E-state index in [-0.39, 0.29) is 34.9 Å². The average molecular weight is 603 g/mol. The van der Waals surface area contributed by atoms with Gasteiger partial charge in [-0.15, -0.1) is 0 Å². The van der Waals surface area contributed by atoms with E-state index >= 15 is 0 Å². The van der Waals surface area contributed by atoms with Crippen molar-refractivity contribution in [1.82, 2.24) is 4.57 Å². The highest BCUT2D eigenvalue weighted by atomic mass is 16.7. The Hall–Kier alpha value is -3.09. The number of nitrogens with zero attached hydrogens (tertiary/aromatic N) is 1. The molecule has 0 saturated carbocycles. The maximum atomic E-state index is 6.31. The molecule has 2 saturated heterocycles. The molecule has 5 nitrogen and oxygen atoms in total. The molecule has 234 valence electrons. The van der Waals surface area contributed by atoms with Crippen molar-refractivity contribution in [3.05, 3.63) is 90.6 Å². The van der Waals surface area contributed by atoms with Crippen LogP contribution < -0.4 is 10.9 Å². The predicted molar refractivity (Wildman–Crippen MR) is 187 cm³/mol. The summed E-state index contributed by atoms with van der Waals surface area (Å²) < 4.78 is 27.5. The Labute approximate surface area is 270 Å². The fraction of sp³-hybridized carbons (Fsp3) is 0.421. The third-order valence-corrected chi connectivity index (χ3v) is 10.4. The summed E-state index contributed by atoms with van der Waals surface area (Å²) >= 11 is 0. The Bertz CT molecular complexity index is 1550. The summed E-state index contributed by atoms with van der Waals surface area (Å²) in [4.78, 5) is 0. The number of hydrogen-bond donors (Lipinski definition) is 0. The van der Waals surface area contributed by atoms with Crippen LogP contribution in [0.25, 0.3) is 28.1 Å². The molecule has 3 heterocycles. The topological polar surface area (TPSA) is 41.9 Å². The van der Waals surface area contributed by atoms with Crippen molar-refractivity contribution in [3.63, 3.8) is 0 Å². The lowest BCUT2D eigenvalue weighted by Crippen LogP contribution is -2.41. The molecule has 2 aliphatic rings. The summed E-state index contributed by atoms with van der Waals surface area (Å²) in [5.74, 6) is 0. The molecule has 2 fully saturated rings. The van der Waals surface area contributed by atoms with Crippen molar-refractivity contribution in [2.45, 2.75) is 104 Å². The zero-order chi connectivity index (χ0) is 32.6. The van der Waals surface area contributed by atoms with E-state index in [4.69, 9.17) is 18.6 Å². The Balaban J connectivity index is 1.36. The maximum Gasteiger partial charge on any atom is 0.494 e. The molecule has 0 unspecified atom stereocenters. The fourth-order valence-corrected chi connectivity index (χ4v) is 5.87. The van der Waals surface area contributed by atoms with E-state index in [0.717, 1.165) is 39.0 Å². The highest BCUT2D eigenvalue weighted by Gasteiger charge is 2.52. The summed E-state index contributed by atoms with van der Waals surface area (Å²) in [6, 6.07) is 28.3. The molecule has 0 radical (unpaired) electrons. The van der Waals surface area contributed by atoms with Gasteiger partial charge in [0.2, 0.25) is 0 Å². The van der Waals surface area contributed by atoms with Crippen LogP contribution in [0.3, 0.4) is 0 Å². The Morgan fingerprint density at radius 2 is 0.911 bits per heavy atom. The molecular formula is C38H47B2NO4. The SMILES string of the molecule is CC(C)(C)c1ccc(-c2c(-c3ccc(B4OC(C)(C)C(C)(C)O4)cc3)ccn2-c2ccc(B3OC(C)(C)C(C)(C)O3)cc2)cc1. The van der Waals surface area contributed by atoms with Crippen LogP contribution in [-0.4, -0.2) is 41.2 Å². The van der Waals surface area contributed by atoms with Crippen LogP contribution >= 0.6 is 0 Å². The minimum Gasteiger partial charge on any atom is -0.399 e. The Kier molecular flexibility index (Phi) is 7.60. The second kappa shape index (κ2) is 10.7. The molecule has 45 heavy (non-hydrogen) atoms. The molecule has 6 rings (SSSR count). The third kappa shape index (κ3) is 5.74. The van der Waals surface area contributed by atoms with Gasteiger partial charge in [-0.3, -0.25) is 0 Å². The number of hydrogen-bond acceptors (Lipinski definition) is 4. The second-order valence-corrected chi connectivity index (χ2v) is 15.7. The Morgan fingerprint density at radius 1 is 0.511 bits per heavy atom. The van der Waals surface area contributed by atoms with Gasteiger partial charge in [-0.05, 0) is 107 Å². The molecule has 2 aliphatic heterocycles. The van der Waals surface area contributed by atoms with Crippen molar-refractivity contribution < 1.29 is 18.6 Å². The van der Waals surface area contributed by atoms with Crippen LogP contribution in [0.5, 0.6) is 0 Å². The molecule has 0 aliphatic carbocycles. The van der Waals surface area contributed by atoms with Crippen molar-refractivity contribution in [2.24, 2.45) is 0 Å². The van der Waals surface area contributed by atoms with Crippen LogP contribution in [0.1, 0.15) is 81.7 Å². The summed E-state index contributed by atoms with van der Waals surface area (Å²) in [7, 11) is -0.781. The maximum absolute atomic E-state index is 6.31. The second-order valence-electron chi connectivity index (χ2n) is 15.7. The lowest BCUT2D eigenvalue weighted by atomic mass is 9.78. The van der Waals surface area contributed by atoms with Gasteiger partial charge in [0.25, 0.3) is 0 Å². The first-order valence-electron chi connectivity index (χ1n) is 16.1. The van der Waals surface area contributed by atoms with Crippen molar-refractivity contribution in [2.75, 3.05) is 0 Å². The van der Waals surface area contributed by atoms with E-state index in [1.807, 2.05) is 0 Å². The smallest absolute Gasteiger partial charge is 0.399 e. The zero-order valence-electron chi connectivity index (χ0n) is 28.8. The summed E-state index contributed by atoms with van der Waals surface area (Å²) in [5.41, 5.74) is 7.58. The monoisotopic (exact) mass is 603 g/mol. The van der Waals surface area contributed by atoms with E-state index in [0.29, 0.717) is 0 Å². The van der Waals surface area contributed by atoms with Gasteiger partial charge in [0.05, 0.1) is 28.1 Å². The molecule has 3 aromatic carbocycles. The van der Waals surface area contributed by atoms with Gasteiger partial charge in [0, 0.05) is 17.4 Å². The first kappa shape index (κ1) is 31.9. The normalized spacial score (nSPS) is 20.2. The van der Waals surface area contributed by atoms with E-state index in [1.54, 1.807) is 0 Å². The van der Waals surface area contributed by atoms with Gasteiger partial charge in [-0.25, -0.2) is 0 Å². The van der Waals surface area contributed by atoms with Gasteiger partial charge < -0.3 is 23.2 Å². The largest absolute Gasteiger partial charge is 0.494 e. The molecule has 0 spiro atoms. The quantitative estimate of drug-likeness (QED) is 0.219. The average Bonchev–Trinajstić information content (AvgIpc) is 3.56. The van der Waals surface area contributed by atoms with Crippen molar-refractivity contribution >= 4 is 25.2 Å². The van der Waals surface area contributed by atoms with Crippen molar-refractivity contribution in [1.29, 1.82) is 0 Å². The first-order chi connectivity index (χ1) is 20.9. The molecule has 7 heteroatoms. The van der Waals surface area contributed by atoms with Crippen molar-refractivity contribution in [3.8, 4) is 28.1 Å².